The normalized spacial score (nSPS) is 42.4. The maximum absolute atomic E-state index is 11.1. The van der Waals surface area contributed by atoms with E-state index < -0.39 is 0 Å². The third kappa shape index (κ3) is 0.948. The number of fused-ring (bicyclic) bond motifs is 2. The van der Waals surface area contributed by atoms with Crippen LogP contribution in [0.3, 0.4) is 0 Å². The highest BCUT2D eigenvalue weighted by Gasteiger charge is 2.45. The monoisotopic (exact) mass is 154 g/mol. The number of nitrogens with one attached hydrogen (secondary N) is 1. The van der Waals surface area contributed by atoms with Gasteiger partial charge >= 0.3 is 0 Å². The lowest BCUT2D eigenvalue weighted by atomic mass is 9.90. The first-order chi connectivity index (χ1) is 5.23. The average Bonchev–Trinajstić information content (AvgIpc) is 2.29. The summed E-state index contributed by atoms with van der Waals surface area (Å²) in [6.07, 6.45) is 5.39. The molecule has 0 aromatic rings. The van der Waals surface area contributed by atoms with Crippen LogP contribution in [0.2, 0.25) is 0 Å². The molecule has 0 aromatic carbocycles. The molecule has 2 fully saturated rings. The van der Waals surface area contributed by atoms with Gasteiger partial charge in [0.15, 0.2) is 0 Å². The van der Waals surface area contributed by atoms with Crippen LogP contribution < -0.4 is 11.1 Å². The molecule has 2 rings (SSSR count). The highest BCUT2D eigenvalue weighted by Crippen LogP contribution is 2.34. The van der Waals surface area contributed by atoms with Crippen LogP contribution in [0.15, 0.2) is 0 Å². The number of carbonyl (C=O) groups excluding carboxylic acids is 1. The summed E-state index contributed by atoms with van der Waals surface area (Å²) >= 11 is 0. The van der Waals surface area contributed by atoms with Gasteiger partial charge in [0.1, 0.15) is 0 Å². The van der Waals surface area contributed by atoms with Crippen LogP contribution in [0.25, 0.3) is 0 Å². The van der Waals surface area contributed by atoms with Crippen LogP contribution in [0.5, 0.6) is 0 Å². The molecule has 0 radical (unpaired) electrons. The predicted molar refractivity (Wildman–Crippen MR) is 41.9 cm³/mol. The molecule has 3 N–H and O–H groups in total. The van der Waals surface area contributed by atoms with E-state index in [1.165, 1.54) is 6.42 Å². The fourth-order valence-electron chi connectivity index (χ4n) is 2.34. The maximum atomic E-state index is 11.1. The first kappa shape index (κ1) is 7.10. The van der Waals surface area contributed by atoms with E-state index in [1.807, 2.05) is 0 Å². The molecule has 0 aromatic heterocycles. The lowest BCUT2D eigenvalue weighted by Gasteiger charge is -2.31. The van der Waals surface area contributed by atoms with E-state index in [0.717, 1.165) is 25.7 Å². The molecule has 2 heterocycles. The van der Waals surface area contributed by atoms with Gasteiger partial charge in [0.05, 0.1) is 5.54 Å². The number of hydrogen-bond donors (Lipinski definition) is 2. The van der Waals surface area contributed by atoms with Crippen molar-refractivity contribution in [3.8, 4) is 0 Å². The van der Waals surface area contributed by atoms with Crippen molar-refractivity contribution in [2.45, 2.75) is 43.7 Å². The van der Waals surface area contributed by atoms with E-state index >= 15 is 0 Å². The van der Waals surface area contributed by atoms with Crippen molar-refractivity contribution in [1.82, 2.24) is 5.32 Å². The van der Waals surface area contributed by atoms with Crippen molar-refractivity contribution in [1.29, 1.82) is 0 Å². The van der Waals surface area contributed by atoms with Crippen LogP contribution in [0.1, 0.15) is 32.1 Å². The largest absolute Gasteiger partial charge is 0.368 e. The molecule has 2 atom stereocenters. The molecule has 0 saturated carbocycles. The highest BCUT2D eigenvalue weighted by molar-refractivity contribution is 5.85. The Morgan fingerprint density at radius 2 is 2.27 bits per heavy atom. The summed E-state index contributed by atoms with van der Waals surface area (Å²) in [5, 5.41) is 3.33. The SMILES string of the molecule is NC(=O)C12CCCC(CC1)N2. The first-order valence-corrected chi connectivity index (χ1v) is 4.31. The number of piperidine rings is 1. The standard InChI is InChI=1S/C8H14N2O/c9-7(11)8-4-1-2-6(10-8)3-5-8/h6,10H,1-5H2,(H2,9,11). The fourth-order valence-corrected chi connectivity index (χ4v) is 2.34. The topological polar surface area (TPSA) is 55.1 Å². The van der Waals surface area contributed by atoms with Gasteiger partial charge in [-0.3, -0.25) is 4.79 Å². The van der Waals surface area contributed by atoms with Gasteiger partial charge in [-0.1, -0.05) is 0 Å². The van der Waals surface area contributed by atoms with E-state index in [1.54, 1.807) is 0 Å². The molecule has 0 aliphatic carbocycles. The Hall–Kier alpha value is -0.570. The molecule has 62 valence electrons. The van der Waals surface area contributed by atoms with Gasteiger partial charge in [-0.2, -0.15) is 0 Å². The van der Waals surface area contributed by atoms with Crippen molar-refractivity contribution in [3.63, 3.8) is 0 Å². The third-order valence-electron chi connectivity index (χ3n) is 3.03. The number of nitrogens with two attached hydrogens (primary N) is 1. The fraction of sp³-hybridized carbons (Fsp3) is 0.875. The molecule has 3 heteroatoms. The Kier molecular flexibility index (Phi) is 1.42. The maximum Gasteiger partial charge on any atom is 0.237 e. The van der Waals surface area contributed by atoms with Crippen molar-refractivity contribution < 1.29 is 4.79 Å². The van der Waals surface area contributed by atoms with E-state index in [2.05, 4.69) is 5.32 Å². The zero-order chi connectivity index (χ0) is 7.90. The van der Waals surface area contributed by atoms with Gasteiger partial charge in [-0.25, -0.2) is 0 Å². The predicted octanol–water partition coefficient (Wildman–Crippen LogP) is 0.146. The molecule has 2 bridgehead atoms. The molecule has 2 aliphatic rings. The zero-order valence-electron chi connectivity index (χ0n) is 6.60. The summed E-state index contributed by atoms with van der Waals surface area (Å²) in [5.41, 5.74) is 5.02. The minimum Gasteiger partial charge on any atom is -0.368 e. The van der Waals surface area contributed by atoms with Gasteiger partial charge in [-0.05, 0) is 32.1 Å². The molecule has 2 aliphatic heterocycles. The summed E-state index contributed by atoms with van der Waals surface area (Å²) in [6, 6.07) is 0.566. The highest BCUT2D eigenvalue weighted by atomic mass is 16.1. The minimum absolute atomic E-state index is 0.153. The van der Waals surface area contributed by atoms with E-state index in [-0.39, 0.29) is 11.4 Å². The Morgan fingerprint density at radius 3 is 2.91 bits per heavy atom. The Morgan fingerprint density at radius 1 is 1.45 bits per heavy atom. The first-order valence-electron chi connectivity index (χ1n) is 4.31. The van der Waals surface area contributed by atoms with Gasteiger partial charge in [0.2, 0.25) is 5.91 Å². The number of rotatable bonds is 1. The van der Waals surface area contributed by atoms with Gasteiger partial charge in [-0.15, -0.1) is 0 Å². The lowest BCUT2D eigenvalue weighted by molar-refractivity contribution is -0.124. The molecule has 11 heavy (non-hydrogen) atoms. The van der Waals surface area contributed by atoms with Gasteiger partial charge in [0, 0.05) is 6.04 Å². The second-order valence-electron chi connectivity index (χ2n) is 3.72. The summed E-state index contributed by atoms with van der Waals surface area (Å²) in [6.45, 7) is 0. The smallest absolute Gasteiger partial charge is 0.237 e. The molecule has 3 nitrogen and oxygen atoms in total. The van der Waals surface area contributed by atoms with Crippen molar-refractivity contribution in [2.24, 2.45) is 5.73 Å². The van der Waals surface area contributed by atoms with Crippen LogP contribution in [0.4, 0.5) is 0 Å². The molecular formula is C8H14N2O. The number of hydrogen-bond acceptors (Lipinski definition) is 2. The van der Waals surface area contributed by atoms with E-state index in [0.29, 0.717) is 6.04 Å². The van der Waals surface area contributed by atoms with Gasteiger partial charge < -0.3 is 11.1 Å². The van der Waals surface area contributed by atoms with Crippen LogP contribution in [0, 0.1) is 0 Å². The lowest BCUT2D eigenvalue weighted by Crippen LogP contribution is -2.55. The third-order valence-corrected chi connectivity index (χ3v) is 3.03. The van der Waals surface area contributed by atoms with E-state index in [4.69, 9.17) is 5.73 Å². The summed E-state index contributed by atoms with van der Waals surface area (Å²) in [5.74, 6) is -0.153. The van der Waals surface area contributed by atoms with E-state index in [9.17, 15) is 4.79 Å². The second kappa shape index (κ2) is 2.21. The Labute approximate surface area is 66.3 Å². The van der Waals surface area contributed by atoms with Gasteiger partial charge in [0.25, 0.3) is 0 Å². The summed E-state index contributed by atoms with van der Waals surface area (Å²) in [4.78, 5) is 11.1. The molecule has 0 spiro atoms. The summed E-state index contributed by atoms with van der Waals surface area (Å²) < 4.78 is 0. The molecule has 2 saturated heterocycles. The van der Waals surface area contributed by atoms with Crippen LogP contribution >= 0.6 is 0 Å². The van der Waals surface area contributed by atoms with Crippen molar-refractivity contribution in [2.75, 3.05) is 0 Å². The number of carbonyl (C=O) groups is 1. The number of amides is 1. The van der Waals surface area contributed by atoms with Crippen molar-refractivity contribution >= 4 is 5.91 Å². The molecular weight excluding hydrogens is 140 g/mol. The number of primary amides is 1. The van der Waals surface area contributed by atoms with Crippen LogP contribution in [-0.4, -0.2) is 17.5 Å². The molecule has 2 unspecified atom stereocenters. The summed E-state index contributed by atoms with van der Waals surface area (Å²) in [7, 11) is 0. The Balaban J connectivity index is 2.19. The quantitative estimate of drug-likeness (QED) is 0.564. The minimum atomic E-state index is -0.317. The Bertz CT molecular complexity index is 189. The second-order valence-corrected chi connectivity index (χ2v) is 3.72. The van der Waals surface area contributed by atoms with Crippen LogP contribution in [-0.2, 0) is 4.79 Å². The zero-order valence-corrected chi connectivity index (χ0v) is 6.60. The molecule has 1 amide bonds. The van der Waals surface area contributed by atoms with Crippen molar-refractivity contribution in [3.05, 3.63) is 0 Å². The average molecular weight is 154 g/mol.